The second-order valence-electron chi connectivity index (χ2n) is 4.61. The van der Waals surface area contributed by atoms with Crippen molar-refractivity contribution in [2.24, 2.45) is 0 Å². The summed E-state index contributed by atoms with van der Waals surface area (Å²) in [5.74, 6) is -1.22. The SMILES string of the molecule is CC(C(=O)O)N(c1cccc(Br)c1)S(=O)(=O)c1ccccc1. The second-order valence-corrected chi connectivity index (χ2v) is 7.34. The minimum absolute atomic E-state index is 0.0445. The Morgan fingerprint density at radius 2 is 1.77 bits per heavy atom. The number of hydrogen-bond donors (Lipinski definition) is 1. The average Bonchev–Trinajstić information content (AvgIpc) is 2.48. The molecule has 0 radical (unpaired) electrons. The third kappa shape index (κ3) is 3.31. The molecule has 1 N–H and O–H groups in total. The van der Waals surface area contributed by atoms with Crippen LogP contribution in [0.25, 0.3) is 0 Å². The van der Waals surface area contributed by atoms with Gasteiger partial charge in [0.2, 0.25) is 0 Å². The van der Waals surface area contributed by atoms with Crippen LogP contribution in [0.15, 0.2) is 64.0 Å². The number of benzene rings is 2. The van der Waals surface area contributed by atoms with Crippen molar-refractivity contribution in [3.8, 4) is 0 Å². The fourth-order valence-corrected chi connectivity index (χ4v) is 4.00. The number of halogens is 1. The number of nitrogens with zero attached hydrogens (tertiary/aromatic N) is 1. The van der Waals surface area contributed by atoms with E-state index in [0.29, 0.717) is 4.47 Å². The van der Waals surface area contributed by atoms with E-state index in [9.17, 15) is 18.3 Å². The first-order chi connectivity index (χ1) is 10.3. The summed E-state index contributed by atoms with van der Waals surface area (Å²) in [6, 6.07) is 13.1. The number of hydrogen-bond acceptors (Lipinski definition) is 3. The fourth-order valence-electron chi connectivity index (χ4n) is 1.99. The highest BCUT2D eigenvalue weighted by Gasteiger charge is 2.33. The molecule has 0 bridgehead atoms. The number of carboxylic acids is 1. The van der Waals surface area contributed by atoms with Crippen molar-refractivity contribution in [3.05, 3.63) is 59.1 Å². The molecule has 1 atom stereocenters. The van der Waals surface area contributed by atoms with Gasteiger partial charge in [-0.1, -0.05) is 40.2 Å². The predicted octanol–water partition coefficient (Wildman–Crippen LogP) is 3.12. The highest BCUT2D eigenvalue weighted by Crippen LogP contribution is 2.28. The molecule has 0 aromatic heterocycles. The first kappa shape index (κ1) is 16.5. The monoisotopic (exact) mass is 383 g/mol. The fraction of sp³-hybridized carbons (Fsp3) is 0.133. The lowest BCUT2D eigenvalue weighted by Crippen LogP contribution is -2.43. The molecule has 0 spiro atoms. The van der Waals surface area contributed by atoms with Crippen LogP contribution in [0.2, 0.25) is 0 Å². The lowest BCUT2D eigenvalue weighted by molar-refractivity contribution is -0.137. The number of carboxylic acid groups (broad SMARTS) is 1. The molecule has 0 aliphatic heterocycles. The molecule has 5 nitrogen and oxygen atoms in total. The molecule has 7 heteroatoms. The summed E-state index contributed by atoms with van der Waals surface area (Å²) in [6.45, 7) is 1.34. The van der Waals surface area contributed by atoms with Crippen LogP contribution in [0.1, 0.15) is 6.92 Å². The molecule has 0 aliphatic rings. The molecule has 0 heterocycles. The standard InChI is InChI=1S/C15H14BrNO4S/c1-11(15(18)19)17(13-7-5-6-12(16)10-13)22(20,21)14-8-3-2-4-9-14/h2-11H,1H3,(H,18,19). The predicted molar refractivity (Wildman–Crippen MR) is 87.3 cm³/mol. The average molecular weight is 384 g/mol. The van der Waals surface area contributed by atoms with Gasteiger partial charge in [0.25, 0.3) is 10.0 Å². The summed E-state index contributed by atoms with van der Waals surface area (Å²) < 4.78 is 27.2. The van der Waals surface area contributed by atoms with E-state index in [1.54, 1.807) is 42.5 Å². The van der Waals surface area contributed by atoms with Crippen molar-refractivity contribution in [2.75, 3.05) is 4.31 Å². The zero-order chi connectivity index (χ0) is 16.3. The first-order valence-corrected chi connectivity index (χ1v) is 8.65. The Bertz CT molecular complexity index is 777. The Morgan fingerprint density at radius 1 is 1.14 bits per heavy atom. The van der Waals surface area contributed by atoms with E-state index >= 15 is 0 Å². The number of carbonyl (C=O) groups is 1. The molecule has 0 fully saturated rings. The lowest BCUT2D eigenvalue weighted by atomic mass is 10.2. The Morgan fingerprint density at radius 3 is 2.32 bits per heavy atom. The van der Waals surface area contributed by atoms with E-state index in [1.165, 1.54) is 19.1 Å². The highest BCUT2D eigenvalue weighted by molar-refractivity contribution is 9.10. The van der Waals surface area contributed by atoms with Crippen LogP contribution in [0.3, 0.4) is 0 Å². The quantitative estimate of drug-likeness (QED) is 0.860. The van der Waals surface area contributed by atoms with Crippen molar-refractivity contribution in [3.63, 3.8) is 0 Å². The minimum Gasteiger partial charge on any atom is -0.480 e. The highest BCUT2D eigenvalue weighted by atomic mass is 79.9. The van der Waals surface area contributed by atoms with E-state index in [-0.39, 0.29) is 10.6 Å². The number of anilines is 1. The molecule has 22 heavy (non-hydrogen) atoms. The molecular weight excluding hydrogens is 370 g/mol. The zero-order valence-corrected chi connectivity index (χ0v) is 14.1. The molecule has 0 saturated carbocycles. The van der Waals surface area contributed by atoms with Gasteiger partial charge in [0.1, 0.15) is 6.04 Å². The number of sulfonamides is 1. The molecule has 2 aromatic rings. The van der Waals surface area contributed by atoms with Crippen LogP contribution in [0.5, 0.6) is 0 Å². The number of rotatable bonds is 5. The van der Waals surface area contributed by atoms with E-state index in [1.807, 2.05) is 0 Å². The van der Waals surface area contributed by atoms with Crippen molar-refractivity contribution in [2.45, 2.75) is 17.9 Å². The summed E-state index contributed by atoms with van der Waals surface area (Å²) in [5, 5.41) is 9.28. The van der Waals surface area contributed by atoms with Crippen LogP contribution >= 0.6 is 15.9 Å². The van der Waals surface area contributed by atoms with Crippen molar-refractivity contribution >= 4 is 37.6 Å². The Hall–Kier alpha value is -1.86. The molecule has 2 aromatic carbocycles. The van der Waals surface area contributed by atoms with Gasteiger partial charge >= 0.3 is 5.97 Å². The van der Waals surface area contributed by atoms with Crippen LogP contribution in [0.4, 0.5) is 5.69 Å². The Kier molecular flexibility index (Phi) is 4.87. The van der Waals surface area contributed by atoms with E-state index in [4.69, 9.17) is 0 Å². The maximum absolute atomic E-state index is 12.8. The summed E-state index contributed by atoms with van der Waals surface area (Å²) in [4.78, 5) is 11.4. The van der Waals surface area contributed by atoms with Crippen molar-refractivity contribution < 1.29 is 18.3 Å². The van der Waals surface area contributed by atoms with Crippen LogP contribution in [-0.2, 0) is 14.8 Å². The normalized spacial score (nSPS) is 12.6. The summed E-state index contributed by atoms with van der Waals surface area (Å²) >= 11 is 3.27. The van der Waals surface area contributed by atoms with Gasteiger partial charge in [0.15, 0.2) is 0 Å². The molecule has 0 saturated heterocycles. The topological polar surface area (TPSA) is 74.7 Å². The van der Waals surface area contributed by atoms with Crippen LogP contribution in [0, 0.1) is 0 Å². The van der Waals surface area contributed by atoms with E-state index in [2.05, 4.69) is 15.9 Å². The van der Waals surface area contributed by atoms with Crippen LogP contribution < -0.4 is 4.31 Å². The molecule has 0 amide bonds. The van der Waals surface area contributed by atoms with Gasteiger partial charge in [-0.25, -0.2) is 13.2 Å². The van der Waals surface area contributed by atoms with Gasteiger partial charge in [-0.3, -0.25) is 4.31 Å². The summed E-state index contributed by atoms with van der Waals surface area (Å²) in [6.07, 6.45) is 0. The van der Waals surface area contributed by atoms with Gasteiger partial charge in [0.05, 0.1) is 10.6 Å². The minimum atomic E-state index is -3.98. The molecule has 116 valence electrons. The van der Waals surface area contributed by atoms with Gasteiger partial charge < -0.3 is 5.11 Å². The number of aliphatic carboxylic acids is 1. The maximum Gasteiger partial charge on any atom is 0.327 e. The van der Waals surface area contributed by atoms with Gasteiger partial charge in [-0.15, -0.1) is 0 Å². The van der Waals surface area contributed by atoms with E-state index in [0.717, 1.165) is 4.31 Å². The van der Waals surface area contributed by atoms with Crippen LogP contribution in [-0.4, -0.2) is 25.5 Å². The van der Waals surface area contributed by atoms with Gasteiger partial charge in [0, 0.05) is 4.47 Å². The molecule has 1 unspecified atom stereocenters. The zero-order valence-electron chi connectivity index (χ0n) is 11.7. The van der Waals surface area contributed by atoms with E-state index < -0.39 is 22.0 Å². The summed E-state index contributed by atoms with van der Waals surface area (Å²) in [5.41, 5.74) is 0.285. The first-order valence-electron chi connectivity index (χ1n) is 6.42. The molecule has 2 rings (SSSR count). The third-order valence-corrected chi connectivity index (χ3v) is 5.48. The third-order valence-electron chi connectivity index (χ3n) is 3.07. The largest absolute Gasteiger partial charge is 0.480 e. The van der Waals surface area contributed by atoms with Gasteiger partial charge in [-0.05, 0) is 37.3 Å². The summed E-state index contributed by atoms with van der Waals surface area (Å²) in [7, 11) is -3.98. The lowest BCUT2D eigenvalue weighted by Gasteiger charge is -2.28. The maximum atomic E-state index is 12.8. The molecular formula is C15H14BrNO4S. The molecule has 0 aliphatic carbocycles. The van der Waals surface area contributed by atoms with Crippen molar-refractivity contribution in [1.29, 1.82) is 0 Å². The van der Waals surface area contributed by atoms with Crippen molar-refractivity contribution in [1.82, 2.24) is 0 Å². The smallest absolute Gasteiger partial charge is 0.327 e. The van der Waals surface area contributed by atoms with Gasteiger partial charge in [-0.2, -0.15) is 0 Å². The Balaban J connectivity index is 2.62. The Labute approximate surface area is 137 Å². The second kappa shape index (κ2) is 6.50.